The summed E-state index contributed by atoms with van der Waals surface area (Å²) in [5.41, 5.74) is 0. The Morgan fingerprint density at radius 2 is 1.96 bits per heavy atom. The van der Waals surface area contributed by atoms with Crippen molar-refractivity contribution in [2.75, 3.05) is 18.5 Å². The van der Waals surface area contributed by atoms with E-state index in [9.17, 15) is 13.2 Å². The van der Waals surface area contributed by atoms with E-state index in [1.54, 1.807) is 31.5 Å². The van der Waals surface area contributed by atoms with Gasteiger partial charge in [-0.05, 0) is 18.1 Å². The van der Waals surface area contributed by atoms with Crippen LogP contribution >= 0.6 is 11.3 Å². The Balaban J connectivity index is 1.80. The first kappa shape index (κ1) is 19.6. The Kier molecular flexibility index (Phi) is 5.98. The van der Waals surface area contributed by atoms with Crippen molar-refractivity contribution in [2.45, 2.75) is 31.2 Å². The van der Waals surface area contributed by atoms with Crippen molar-refractivity contribution in [3.63, 3.8) is 0 Å². The van der Waals surface area contributed by atoms with Crippen molar-refractivity contribution in [3.05, 3.63) is 29.8 Å². The standard InChI is InChI=1S/C17H21N3O5S2/c1-11(2)15(16(21)19-17-18-6-9-26-17)20-27(22,23)12-4-5-13-14(10-12)25-8-3-7-24-13/h4-6,9-11,15,20H,3,7-8H2,1-2H3,(H,18,19,21). The number of thiazole rings is 1. The van der Waals surface area contributed by atoms with Gasteiger partial charge in [0.2, 0.25) is 15.9 Å². The number of sulfonamides is 1. The quantitative estimate of drug-likeness (QED) is 0.755. The summed E-state index contributed by atoms with van der Waals surface area (Å²) >= 11 is 1.26. The summed E-state index contributed by atoms with van der Waals surface area (Å²) in [5.74, 6) is 0.162. The highest BCUT2D eigenvalue weighted by molar-refractivity contribution is 7.89. The van der Waals surface area contributed by atoms with Gasteiger partial charge in [0.1, 0.15) is 6.04 Å². The first-order chi connectivity index (χ1) is 12.9. The lowest BCUT2D eigenvalue weighted by atomic mass is 10.1. The summed E-state index contributed by atoms with van der Waals surface area (Å²) in [7, 11) is -3.94. The zero-order valence-electron chi connectivity index (χ0n) is 15.0. The van der Waals surface area contributed by atoms with Gasteiger partial charge in [-0.1, -0.05) is 13.8 Å². The molecule has 2 aromatic rings. The third-order valence-corrected chi connectivity index (χ3v) is 6.05. The van der Waals surface area contributed by atoms with Gasteiger partial charge in [0.15, 0.2) is 16.6 Å². The molecule has 146 valence electrons. The maximum absolute atomic E-state index is 12.8. The zero-order valence-corrected chi connectivity index (χ0v) is 16.6. The van der Waals surface area contributed by atoms with Crippen LogP contribution in [0.2, 0.25) is 0 Å². The molecule has 0 bridgehead atoms. The summed E-state index contributed by atoms with van der Waals surface area (Å²) in [6, 6.07) is 3.47. The molecule has 0 fully saturated rings. The fourth-order valence-electron chi connectivity index (χ4n) is 2.51. The Morgan fingerprint density at radius 3 is 2.63 bits per heavy atom. The average molecular weight is 412 g/mol. The van der Waals surface area contributed by atoms with Gasteiger partial charge in [-0.3, -0.25) is 4.79 Å². The van der Waals surface area contributed by atoms with Crippen LogP contribution in [0.5, 0.6) is 11.5 Å². The summed E-state index contributed by atoms with van der Waals surface area (Å²) in [6.07, 6.45) is 2.29. The number of carbonyl (C=O) groups is 1. The highest BCUT2D eigenvalue weighted by Gasteiger charge is 2.29. The molecule has 2 N–H and O–H groups in total. The maximum Gasteiger partial charge on any atom is 0.244 e. The van der Waals surface area contributed by atoms with Gasteiger partial charge in [-0.15, -0.1) is 11.3 Å². The van der Waals surface area contributed by atoms with Crippen LogP contribution in [0.1, 0.15) is 20.3 Å². The Morgan fingerprint density at radius 1 is 1.22 bits per heavy atom. The highest BCUT2D eigenvalue weighted by Crippen LogP contribution is 2.32. The number of nitrogens with one attached hydrogen (secondary N) is 2. The van der Waals surface area contributed by atoms with Crippen LogP contribution < -0.4 is 19.5 Å². The van der Waals surface area contributed by atoms with E-state index in [0.717, 1.165) is 6.42 Å². The number of ether oxygens (including phenoxy) is 2. The van der Waals surface area contributed by atoms with Crippen molar-refractivity contribution in [3.8, 4) is 11.5 Å². The van der Waals surface area contributed by atoms with Crippen LogP contribution in [-0.2, 0) is 14.8 Å². The molecule has 1 unspecified atom stereocenters. The minimum absolute atomic E-state index is 0.0134. The maximum atomic E-state index is 12.8. The number of hydrogen-bond acceptors (Lipinski definition) is 7. The molecule has 2 heterocycles. The number of rotatable bonds is 6. The molecular weight excluding hydrogens is 390 g/mol. The van der Waals surface area contributed by atoms with E-state index < -0.39 is 22.0 Å². The van der Waals surface area contributed by atoms with Gasteiger partial charge < -0.3 is 14.8 Å². The van der Waals surface area contributed by atoms with Gasteiger partial charge in [-0.25, -0.2) is 13.4 Å². The zero-order chi connectivity index (χ0) is 19.4. The van der Waals surface area contributed by atoms with Crippen molar-refractivity contribution in [1.29, 1.82) is 0 Å². The third kappa shape index (κ3) is 4.76. The second-order valence-electron chi connectivity index (χ2n) is 6.33. The molecule has 0 saturated carbocycles. The summed E-state index contributed by atoms with van der Waals surface area (Å²) in [6.45, 7) is 4.50. The van der Waals surface area contributed by atoms with Crippen LogP contribution in [0.4, 0.5) is 5.13 Å². The molecule has 1 atom stereocenters. The van der Waals surface area contributed by atoms with E-state index in [2.05, 4.69) is 15.0 Å². The topological polar surface area (TPSA) is 107 Å². The minimum atomic E-state index is -3.94. The Bertz CT molecular complexity index is 897. The molecule has 0 radical (unpaired) electrons. The SMILES string of the molecule is CC(C)C(NS(=O)(=O)c1ccc2c(c1)OCCCO2)C(=O)Nc1nccs1. The van der Waals surface area contributed by atoms with Crippen LogP contribution in [0.25, 0.3) is 0 Å². The predicted octanol–water partition coefficient (Wildman–Crippen LogP) is 2.25. The van der Waals surface area contributed by atoms with Crippen LogP contribution in [0.15, 0.2) is 34.7 Å². The first-order valence-corrected chi connectivity index (χ1v) is 10.9. The van der Waals surface area contributed by atoms with Crippen molar-refractivity contribution in [1.82, 2.24) is 9.71 Å². The van der Waals surface area contributed by atoms with E-state index in [1.807, 2.05) is 0 Å². The third-order valence-electron chi connectivity index (χ3n) is 3.92. The molecule has 8 nitrogen and oxygen atoms in total. The molecule has 3 rings (SSSR count). The van der Waals surface area contributed by atoms with Crippen LogP contribution in [-0.4, -0.2) is 38.6 Å². The molecule has 1 aromatic heterocycles. The van der Waals surface area contributed by atoms with Crippen LogP contribution in [0.3, 0.4) is 0 Å². The van der Waals surface area contributed by atoms with Crippen LogP contribution in [0, 0.1) is 5.92 Å². The fraction of sp³-hybridized carbons (Fsp3) is 0.412. The number of fused-ring (bicyclic) bond motifs is 1. The van der Waals surface area contributed by atoms with Crippen molar-refractivity contribution < 1.29 is 22.7 Å². The highest BCUT2D eigenvalue weighted by atomic mass is 32.2. The number of amides is 1. The molecule has 0 aliphatic carbocycles. The van der Waals surface area contributed by atoms with E-state index in [0.29, 0.717) is 29.8 Å². The molecule has 10 heteroatoms. The lowest BCUT2D eigenvalue weighted by Gasteiger charge is -2.21. The normalized spacial score (nSPS) is 15.2. The van der Waals surface area contributed by atoms with Gasteiger partial charge in [0, 0.05) is 24.1 Å². The minimum Gasteiger partial charge on any atom is -0.490 e. The first-order valence-electron chi connectivity index (χ1n) is 8.49. The Labute approximate surface area is 162 Å². The van der Waals surface area contributed by atoms with E-state index in [4.69, 9.17) is 9.47 Å². The summed E-state index contributed by atoms with van der Waals surface area (Å²) < 4.78 is 39.2. The lowest BCUT2D eigenvalue weighted by Crippen LogP contribution is -2.47. The monoisotopic (exact) mass is 411 g/mol. The van der Waals surface area contributed by atoms with Crippen molar-refractivity contribution in [2.24, 2.45) is 5.92 Å². The summed E-state index contributed by atoms with van der Waals surface area (Å²) in [5, 5.41) is 4.77. The smallest absolute Gasteiger partial charge is 0.244 e. The molecule has 0 spiro atoms. The van der Waals surface area contributed by atoms with E-state index >= 15 is 0 Å². The fourth-order valence-corrected chi connectivity index (χ4v) is 4.40. The number of hydrogen-bond donors (Lipinski definition) is 2. The van der Waals surface area contributed by atoms with Gasteiger partial charge in [0.25, 0.3) is 0 Å². The average Bonchev–Trinajstić information content (AvgIpc) is 3.01. The molecular formula is C17H21N3O5S2. The second kappa shape index (κ2) is 8.24. The van der Waals surface area contributed by atoms with E-state index in [1.165, 1.54) is 23.5 Å². The number of benzene rings is 1. The second-order valence-corrected chi connectivity index (χ2v) is 8.94. The number of nitrogens with zero attached hydrogens (tertiary/aromatic N) is 1. The van der Waals surface area contributed by atoms with Gasteiger partial charge in [0.05, 0.1) is 18.1 Å². The molecule has 27 heavy (non-hydrogen) atoms. The largest absolute Gasteiger partial charge is 0.490 e. The number of anilines is 1. The molecule has 1 amide bonds. The molecule has 1 aliphatic rings. The number of aromatic nitrogens is 1. The number of carbonyl (C=O) groups excluding carboxylic acids is 1. The molecule has 0 saturated heterocycles. The van der Waals surface area contributed by atoms with Gasteiger partial charge >= 0.3 is 0 Å². The van der Waals surface area contributed by atoms with E-state index in [-0.39, 0.29) is 10.8 Å². The lowest BCUT2D eigenvalue weighted by molar-refractivity contribution is -0.118. The van der Waals surface area contributed by atoms with Gasteiger partial charge in [-0.2, -0.15) is 4.72 Å². The molecule has 1 aliphatic heterocycles. The predicted molar refractivity (Wildman–Crippen MR) is 102 cm³/mol. The molecule has 1 aromatic carbocycles. The van der Waals surface area contributed by atoms with Crippen molar-refractivity contribution >= 4 is 32.4 Å². The Hall–Kier alpha value is -2.17. The summed E-state index contributed by atoms with van der Waals surface area (Å²) in [4.78, 5) is 16.5.